The molecule has 2 rings (SSSR count). The first kappa shape index (κ1) is 18.7. The van der Waals surface area contributed by atoms with Gasteiger partial charge in [0.05, 0.1) is 25.4 Å². The van der Waals surface area contributed by atoms with Gasteiger partial charge in [-0.25, -0.2) is 5.43 Å². The molecule has 3 N–H and O–H groups in total. The number of phenols is 1. The predicted octanol–water partition coefficient (Wildman–Crippen LogP) is 1.89. The lowest BCUT2D eigenvalue weighted by Gasteiger charge is -2.06. The molecule has 0 aliphatic rings. The Bertz CT molecular complexity index is 808. The van der Waals surface area contributed by atoms with Crippen LogP contribution < -0.4 is 15.5 Å². The van der Waals surface area contributed by atoms with Crippen molar-refractivity contribution in [1.29, 1.82) is 0 Å². The van der Waals surface area contributed by atoms with E-state index in [-0.39, 0.29) is 18.2 Å². The highest BCUT2D eigenvalue weighted by molar-refractivity contribution is 14.1. The number of ether oxygens (including phenoxy) is 1. The number of hydrazone groups is 1. The fraction of sp³-hybridized carbons (Fsp3) is 0.118. The molecule has 0 heterocycles. The number of rotatable bonds is 6. The number of hydrogen-bond acceptors (Lipinski definition) is 5. The van der Waals surface area contributed by atoms with E-state index in [4.69, 9.17) is 4.74 Å². The lowest BCUT2D eigenvalue weighted by Crippen LogP contribution is -2.35. The van der Waals surface area contributed by atoms with Crippen molar-refractivity contribution < 1.29 is 19.4 Å². The van der Waals surface area contributed by atoms with Gasteiger partial charge < -0.3 is 15.2 Å². The van der Waals surface area contributed by atoms with Crippen LogP contribution in [0.1, 0.15) is 15.9 Å². The number of amides is 2. The monoisotopic (exact) mass is 453 g/mol. The van der Waals surface area contributed by atoms with Crippen molar-refractivity contribution in [3.05, 3.63) is 57.2 Å². The Morgan fingerprint density at radius 2 is 2.04 bits per heavy atom. The fourth-order valence-corrected chi connectivity index (χ4v) is 2.51. The molecule has 2 aromatic carbocycles. The largest absolute Gasteiger partial charge is 0.507 e. The molecule has 0 fully saturated rings. The maximum atomic E-state index is 12.0. The summed E-state index contributed by atoms with van der Waals surface area (Å²) in [4.78, 5) is 23.7. The van der Waals surface area contributed by atoms with Gasteiger partial charge in [-0.2, -0.15) is 5.10 Å². The third kappa shape index (κ3) is 5.45. The molecule has 0 radical (unpaired) electrons. The minimum atomic E-state index is -0.488. The van der Waals surface area contributed by atoms with Crippen molar-refractivity contribution >= 4 is 40.6 Å². The zero-order chi connectivity index (χ0) is 18.2. The van der Waals surface area contributed by atoms with E-state index in [2.05, 4.69) is 38.4 Å². The first-order valence-corrected chi connectivity index (χ1v) is 8.30. The smallest absolute Gasteiger partial charge is 0.259 e. The molecule has 25 heavy (non-hydrogen) atoms. The lowest BCUT2D eigenvalue weighted by atomic mass is 10.2. The highest BCUT2D eigenvalue weighted by Gasteiger charge is 2.10. The summed E-state index contributed by atoms with van der Waals surface area (Å²) >= 11 is 2.05. The molecule has 0 saturated heterocycles. The van der Waals surface area contributed by atoms with Crippen LogP contribution in [0, 0.1) is 3.57 Å². The second-order valence-electron chi connectivity index (χ2n) is 4.88. The normalized spacial score (nSPS) is 10.5. The molecule has 2 amide bonds. The Balaban J connectivity index is 1.87. The third-order valence-electron chi connectivity index (χ3n) is 3.16. The van der Waals surface area contributed by atoms with Crippen LogP contribution in [-0.2, 0) is 4.79 Å². The van der Waals surface area contributed by atoms with E-state index in [1.807, 2.05) is 6.07 Å². The molecule has 7 nitrogen and oxygen atoms in total. The molecule has 0 aliphatic carbocycles. The van der Waals surface area contributed by atoms with E-state index < -0.39 is 5.91 Å². The maximum absolute atomic E-state index is 12.0. The number of benzene rings is 2. The van der Waals surface area contributed by atoms with Gasteiger partial charge in [0.15, 0.2) is 0 Å². The second-order valence-corrected chi connectivity index (χ2v) is 6.04. The van der Waals surface area contributed by atoms with Crippen LogP contribution in [0.3, 0.4) is 0 Å². The third-order valence-corrected chi connectivity index (χ3v) is 4.10. The standard InChI is InChI=1S/C17H16IN3O4/c1-25-12-6-7-15(22)11(8-12)9-20-21-16(23)10-19-17(24)13-4-2-3-5-14(13)18/h2-9,22H,10H2,1H3,(H,19,24)(H,21,23). The van der Waals surface area contributed by atoms with Gasteiger partial charge in [-0.15, -0.1) is 0 Å². The summed E-state index contributed by atoms with van der Waals surface area (Å²) in [6, 6.07) is 11.7. The molecule has 0 aliphatic heterocycles. The number of nitrogens with zero attached hydrogens (tertiary/aromatic N) is 1. The van der Waals surface area contributed by atoms with Gasteiger partial charge >= 0.3 is 0 Å². The van der Waals surface area contributed by atoms with Gasteiger partial charge in [0, 0.05) is 9.13 Å². The second kappa shape index (κ2) is 9.02. The molecule has 0 spiro atoms. The highest BCUT2D eigenvalue weighted by Crippen LogP contribution is 2.20. The Kier molecular flexibility index (Phi) is 6.75. The highest BCUT2D eigenvalue weighted by atomic mass is 127. The van der Waals surface area contributed by atoms with Crippen LogP contribution in [0.2, 0.25) is 0 Å². The Labute approximate surface area is 158 Å². The Morgan fingerprint density at radius 1 is 1.28 bits per heavy atom. The van der Waals surface area contributed by atoms with Gasteiger partial charge in [-0.3, -0.25) is 9.59 Å². The van der Waals surface area contributed by atoms with Gasteiger partial charge in [0.2, 0.25) is 0 Å². The number of carbonyl (C=O) groups is 2. The number of methoxy groups -OCH3 is 1. The number of halogens is 1. The molecular weight excluding hydrogens is 437 g/mol. The van der Waals surface area contributed by atoms with Crippen LogP contribution in [-0.4, -0.2) is 36.8 Å². The molecule has 0 aromatic heterocycles. The summed E-state index contributed by atoms with van der Waals surface area (Å²) in [5, 5.41) is 16.0. The SMILES string of the molecule is COc1ccc(O)c(C=NNC(=O)CNC(=O)c2ccccc2I)c1. The van der Waals surface area contributed by atoms with Crippen LogP contribution >= 0.6 is 22.6 Å². The van der Waals surface area contributed by atoms with E-state index in [1.54, 1.807) is 30.3 Å². The van der Waals surface area contributed by atoms with E-state index in [1.165, 1.54) is 19.4 Å². The summed E-state index contributed by atoms with van der Waals surface area (Å²) < 4.78 is 5.84. The van der Waals surface area contributed by atoms with Crippen molar-refractivity contribution in [2.24, 2.45) is 5.10 Å². The van der Waals surface area contributed by atoms with E-state index in [0.29, 0.717) is 16.9 Å². The van der Waals surface area contributed by atoms with Crippen molar-refractivity contribution in [1.82, 2.24) is 10.7 Å². The van der Waals surface area contributed by atoms with Crippen molar-refractivity contribution in [2.75, 3.05) is 13.7 Å². The molecule has 130 valence electrons. The molecule has 2 aromatic rings. The number of carbonyl (C=O) groups excluding carboxylic acids is 2. The number of nitrogens with one attached hydrogen (secondary N) is 2. The first-order valence-electron chi connectivity index (χ1n) is 7.23. The fourth-order valence-electron chi connectivity index (χ4n) is 1.88. The molecule has 0 saturated carbocycles. The predicted molar refractivity (Wildman–Crippen MR) is 102 cm³/mol. The van der Waals surface area contributed by atoms with Crippen LogP contribution in [0.15, 0.2) is 47.6 Å². The summed E-state index contributed by atoms with van der Waals surface area (Å²) in [6.07, 6.45) is 1.29. The van der Waals surface area contributed by atoms with Crippen LogP contribution in [0.25, 0.3) is 0 Å². The zero-order valence-electron chi connectivity index (χ0n) is 13.3. The number of aromatic hydroxyl groups is 1. The maximum Gasteiger partial charge on any atom is 0.259 e. The quantitative estimate of drug-likeness (QED) is 0.354. The van der Waals surface area contributed by atoms with Crippen LogP contribution in [0.5, 0.6) is 11.5 Å². The van der Waals surface area contributed by atoms with Gasteiger partial charge in [-0.05, 0) is 52.9 Å². The molecule has 0 atom stereocenters. The summed E-state index contributed by atoms with van der Waals surface area (Å²) in [5.41, 5.74) is 3.17. The number of phenolic OH excluding ortho intramolecular Hbond substituents is 1. The van der Waals surface area contributed by atoms with Crippen molar-refractivity contribution in [3.63, 3.8) is 0 Å². The van der Waals surface area contributed by atoms with Gasteiger partial charge in [-0.1, -0.05) is 12.1 Å². The van der Waals surface area contributed by atoms with Gasteiger partial charge in [0.25, 0.3) is 11.8 Å². The minimum Gasteiger partial charge on any atom is -0.507 e. The molecule has 0 unspecified atom stereocenters. The summed E-state index contributed by atoms with van der Waals surface area (Å²) in [7, 11) is 1.51. The molecular formula is C17H16IN3O4. The lowest BCUT2D eigenvalue weighted by molar-refractivity contribution is -0.120. The average Bonchev–Trinajstić information content (AvgIpc) is 2.61. The Hall–Kier alpha value is -2.62. The summed E-state index contributed by atoms with van der Waals surface area (Å²) in [6.45, 7) is -0.217. The van der Waals surface area contributed by atoms with Crippen molar-refractivity contribution in [3.8, 4) is 11.5 Å². The average molecular weight is 453 g/mol. The zero-order valence-corrected chi connectivity index (χ0v) is 15.5. The first-order chi connectivity index (χ1) is 12.0. The Morgan fingerprint density at radius 3 is 2.76 bits per heavy atom. The van der Waals surface area contributed by atoms with Crippen LogP contribution in [0.4, 0.5) is 0 Å². The number of hydrogen-bond donors (Lipinski definition) is 3. The van der Waals surface area contributed by atoms with E-state index in [9.17, 15) is 14.7 Å². The van der Waals surface area contributed by atoms with Gasteiger partial charge in [0.1, 0.15) is 11.5 Å². The van der Waals surface area contributed by atoms with E-state index >= 15 is 0 Å². The molecule has 0 bridgehead atoms. The minimum absolute atomic E-state index is 0.00533. The topological polar surface area (TPSA) is 100 Å². The van der Waals surface area contributed by atoms with Crippen molar-refractivity contribution in [2.45, 2.75) is 0 Å². The molecule has 8 heteroatoms. The van der Waals surface area contributed by atoms with E-state index in [0.717, 1.165) is 3.57 Å². The summed E-state index contributed by atoms with van der Waals surface area (Å²) in [5.74, 6) is -0.270.